The third-order valence-electron chi connectivity index (χ3n) is 3.64. The lowest BCUT2D eigenvalue weighted by atomic mass is 10.0. The van der Waals surface area contributed by atoms with Gasteiger partial charge in [0.05, 0.1) is 13.2 Å². The van der Waals surface area contributed by atoms with Crippen LogP contribution in [0.25, 0.3) is 0 Å². The average molecular weight is 466 g/mol. The van der Waals surface area contributed by atoms with Gasteiger partial charge in [-0.1, -0.05) is 0 Å². The first kappa shape index (κ1) is 28.0. The van der Waals surface area contributed by atoms with Crippen LogP contribution in [0.5, 0.6) is 0 Å². The number of ether oxygens (including phenoxy) is 1. The second kappa shape index (κ2) is 9.41. The second-order valence-electron chi connectivity index (χ2n) is 6.16. The minimum absolute atomic E-state index is 1.39. The predicted molar refractivity (Wildman–Crippen MR) is 70.4 cm³/mol. The topological polar surface area (TPSA) is 9.23 Å². The van der Waals surface area contributed by atoms with E-state index in [9.17, 15) is 61.5 Å². The van der Waals surface area contributed by atoms with E-state index in [1.807, 2.05) is 0 Å². The van der Waals surface area contributed by atoms with Gasteiger partial charge < -0.3 is 4.74 Å². The molecule has 1 nitrogen and oxygen atoms in total. The second-order valence-corrected chi connectivity index (χ2v) is 6.16. The van der Waals surface area contributed by atoms with Crippen molar-refractivity contribution in [2.75, 3.05) is 13.2 Å². The van der Waals surface area contributed by atoms with Gasteiger partial charge >= 0.3 is 36.0 Å². The summed E-state index contributed by atoms with van der Waals surface area (Å²) in [7, 11) is 0. The maximum Gasteiger partial charge on any atom is 0.389 e. The zero-order valence-corrected chi connectivity index (χ0v) is 14.4. The molecule has 0 bridgehead atoms. The van der Waals surface area contributed by atoms with Crippen molar-refractivity contribution in [2.24, 2.45) is 0 Å². The van der Waals surface area contributed by atoms with Crippen LogP contribution in [0.4, 0.5) is 61.5 Å². The molecule has 0 aliphatic rings. The van der Waals surface area contributed by atoms with Crippen molar-refractivity contribution in [1.82, 2.24) is 0 Å². The van der Waals surface area contributed by atoms with Gasteiger partial charge in [0.1, 0.15) is 0 Å². The van der Waals surface area contributed by atoms with Crippen molar-refractivity contribution in [2.45, 2.75) is 74.6 Å². The fraction of sp³-hybridized carbons (Fsp3) is 1.00. The van der Waals surface area contributed by atoms with E-state index in [-0.39, 0.29) is 0 Å². The van der Waals surface area contributed by atoms with Crippen molar-refractivity contribution < 1.29 is 66.2 Å². The van der Waals surface area contributed by atoms with Crippen molar-refractivity contribution >= 4 is 0 Å². The Hall–Kier alpha value is -1.02. The molecule has 0 aliphatic carbocycles. The maximum absolute atomic E-state index is 13.3. The summed E-state index contributed by atoms with van der Waals surface area (Å²) in [5, 5.41) is 0. The quantitative estimate of drug-likeness (QED) is 0.222. The summed E-state index contributed by atoms with van der Waals surface area (Å²) < 4.78 is 181. The summed E-state index contributed by atoms with van der Waals surface area (Å²) in [6, 6.07) is 0. The molecule has 15 heteroatoms. The molecule has 0 aromatic heterocycles. The molecule has 0 spiro atoms. The predicted octanol–water partition coefficient (Wildman–Crippen LogP) is 7.01. The summed E-state index contributed by atoms with van der Waals surface area (Å²) >= 11 is 0. The molecule has 176 valence electrons. The normalized spacial score (nSPS) is 15.1. The highest BCUT2D eigenvalue weighted by Gasteiger charge is 2.57. The van der Waals surface area contributed by atoms with Crippen LogP contribution in [0.1, 0.15) is 38.5 Å². The molecule has 0 saturated carbocycles. The Morgan fingerprint density at radius 2 is 0.586 bits per heavy atom. The van der Waals surface area contributed by atoms with E-state index in [1.165, 1.54) is 0 Å². The van der Waals surface area contributed by atoms with Gasteiger partial charge in [-0.2, -0.15) is 61.5 Å². The summed E-state index contributed by atoms with van der Waals surface area (Å²) in [6.45, 7) is -2.78. The van der Waals surface area contributed by atoms with Crippen LogP contribution in [-0.4, -0.2) is 49.3 Å². The molecule has 0 aliphatic heterocycles. The fourth-order valence-corrected chi connectivity index (χ4v) is 1.83. The smallest absolute Gasteiger partial charge is 0.381 e. The van der Waals surface area contributed by atoms with Crippen LogP contribution in [0.2, 0.25) is 0 Å². The number of hydrogen-bond acceptors (Lipinski definition) is 1. The van der Waals surface area contributed by atoms with E-state index in [0.29, 0.717) is 0 Å². The van der Waals surface area contributed by atoms with Crippen LogP contribution in [0, 0.1) is 0 Å². The van der Waals surface area contributed by atoms with E-state index in [4.69, 9.17) is 0 Å². The molecule has 0 amide bonds. The molecule has 0 rings (SSSR count). The molecule has 0 fully saturated rings. The van der Waals surface area contributed by atoms with Gasteiger partial charge in [-0.15, -0.1) is 0 Å². The highest BCUT2D eigenvalue weighted by molar-refractivity contribution is 4.86. The van der Waals surface area contributed by atoms with Gasteiger partial charge in [0.25, 0.3) is 0 Å². The first-order chi connectivity index (χ1) is 12.6. The Bertz CT molecular complexity index is 450. The maximum atomic E-state index is 13.3. The largest absolute Gasteiger partial charge is 0.389 e. The molecule has 0 unspecified atom stereocenters. The van der Waals surface area contributed by atoms with E-state index in [0.717, 1.165) is 0 Å². The Kier molecular flexibility index (Phi) is 9.08. The Balaban J connectivity index is 4.51. The van der Waals surface area contributed by atoms with E-state index in [1.54, 1.807) is 0 Å². The molecule has 0 heterocycles. The van der Waals surface area contributed by atoms with Gasteiger partial charge in [-0.05, 0) is 0 Å². The summed E-state index contributed by atoms with van der Waals surface area (Å²) in [6.07, 6.45) is -23.0. The standard InChI is InChI=1S/C14H16F14O/c15-9(16,1-3-13(23,24)25)11(19,20)5-7-29-8-6-12(21,22)10(17,18)2-4-14(26,27)28/h1-8H2. The van der Waals surface area contributed by atoms with Gasteiger partial charge in [0.15, 0.2) is 0 Å². The third kappa shape index (κ3) is 10.0. The Labute approximate surface area is 155 Å². The summed E-state index contributed by atoms with van der Waals surface area (Å²) in [5.74, 6) is -20.2. The molecule has 0 atom stereocenters. The summed E-state index contributed by atoms with van der Waals surface area (Å²) in [5.41, 5.74) is 0. The third-order valence-corrected chi connectivity index (χ3v) is 3.64. The van der Waals surface area contributed by atoms with Crippen LogP contribution < -0.4 is 0 Å². The zero-order valence-electron chi connectivity index (χ0n) is 14.4. The first-order valence-corrected chi connectivity index (χ1v) is 7.84. The SMILES string of the molecule is FC(F)(F)CCC(F)(F)C(F)(F)CCOCCC(F)(F)C(F)(F)CCC(F)(F)F. The Morgan fingerprint density at radius 1 is 0.345 bits per heavy atom. The van der Waals surface area contributed by atoms with Crippen molar-refractivity contribution in [3.8, 4) is 0 Å². The molecule has 29 heavy (non-hydrogen) atoms. The lowest BCUT2D eigenvalue weighted by molar-refractivity contribution is -0.239. The number of hydrogen-bond donors (Lipinski definition) is 0. The monoisotopic (exact) mass is 466 g/mol. The van der Waals surface area contributed by atoms with Gasteiger partial charge in [0.2, 0.25) is 0 Å². The van der Waals surface area contributed by atoms with E-state index in [2.05, 4.69) is 4.74 Å². The fourth-order valence-electron chi connectivity index (χ4n) is 1.83. The van der Waals surface area contributed by atoms with Crippen LogP contribution >= 0.6 is 0 Å². The van der Waals surface area contributed by atoms with Crippen LogP contribution in [-0.2, 0) is 4.74 Å². The average Bonchev–Trinajstić information content (AvgIpc) is 2.49. The molecule has 0 aromatic carbocycles. The van der Waals surface area contributed by atoms with Gasteiger partial charge in [-0.25, -0.2) is 0 Å². The highest BCUT2D eigenvalue weighted by Crippen LogP contribution is 2.43. The first-order valence-electron chi connectivity index (χ1n) is 7.84. The molecular weight excluding hydrogens is 450 g/mol. The number of rotatable bonds is 12. The van der Waals surface area contributed by atoms with Crippen molar-refractivity contribution in [1.29, 1.82) is 0 Å². The highest BCUT2D eigenvalue weighted by atomic mass is 19.4. The van der Waals surface area contributed by atoms with Crippen molar-refractivity contribution in [3.05, 3.63) is 0 Å². The summed E-state index contributed by atoms with van der Waals surface area (Å²) in [4.78, 5) is 0. The molecule has 0 radical (unpaired) electrons. The molecule has 0 aromatic rings. The van der Waals surface area contributed by atoms with Gasteiger partial charge in [-0.3, -0.25) is 0 Å². The van der Waals surface area contributed by atoms with Crippen molar-refractivity contribution in [3.63, 3.8) is 0 Å². The van der Waals surface area contributed by atoms with Crippen LogP contribution in [0.15, 0.2) is 0 Å². The number of halogens is 14. The van der Waals surface area contributed by atoms with Gasteiger partial charge in [0, 0.05) is 38.5 Å². The lowest BCUT2D eigenvalue weighted by Crippen LogP contribution is -2.43. The Morgan fingerprint density at radius 3 is 0.828 bits per heavy atom. The zero-order chi connectivity index (χ0) is 23.4. The molecule has 0 saturated heterocycles. The van der Waals surface area contributed by atoms with Crippen LogP contribution in [0.3, 0.4) is 0 Å². The minimum Gasteiger partial charge on any atom is -0.381 e. The molecular formula is C14H16F14O. The van der Waals surface area contributed by atoms with E-state index < -0.39 is 87.8 Å². The minimum atomic E-state index is -5.13. The molecule has 0 N–H and O–H groups in total. The van der Waals surface area contributed by atoms with E-state index >= 15 is 0 Å². The number of alkyl halides is 14. The lowest BCUT2D eigenvalue weighted by Gasteiger charge is -2.28.